The van der Waals surface area contributed by atoms with Gasteiger partial charge in [0.25, 0.3) is 0 Å². The van der Waals surface area contributed by atoms with Gasteiger partial charge in [-0.1, -0.05) is 22.0 Å². The van der Waals surface area contributed by atoms with E-state index >= 15 is 0 Å². The lowest BCUT2D eigenvalue weighted by Crippen LogP contribution is -1.97. The van der Waals surface area contributed by atoms with Crippen molar-refractivity contribution in [1.29, 1.82) is 0 Å². The zero-order chi connectivity index (χ0) is 9.42. The first-order valence-electron chi connectivity index (χ1n) is 4.44. The van der Waals surface area contributed by atoms with E-state index in [1.807, 2.05) is 0 Å². The summed E-state index contributed by atoms with van der Waals surface area (Å²) in [4.78, 5) is 0. The third-order valence-electron chi connectivity index (χ3n) is 2.24. The fourth-order valence-electron chi connectivity index (χ4n) is 1.57. The van der Waals surface area contributed by atoms with Gasteiger partial charge in [-0.15, -0.1) is 0 Å². The highest BCUT2D eigenvalue weighted by Crippen LogP contribution is 2.23. The van der Waals surface area contributed by atoms with Gasteiger partial charge in [0.1, 0.15) is 0 Å². The third-order valence-corrected chi connectivity index (χ3v) is 2.73. The Balaban J connectivity index is 2.71. The minimum absolute atomic E-state index is 0.520. The second-order valence-electron chi connectivity index (χ2n) is 3.52. The maximum Gasteiger partial charge on any atom is 0.0493 e. The third kappa shape index (κ3) is 1.51. The molecule has 0 spiro atoms. The molecule has 0 aliphatic rings. The van der Waals surface area contributed by atoms with Crippen LogP contribution in [0, 0.1) is 0 Å². The number of rotatable bonds is 1. The van der Waals surface area contributed by atoms with Gasteiger partial charge in [-0.3, -0.25) is 0 Å². The Morgan fingerprint density at radius 2 is 2.00 bits per heavy atom. The van der Waals surface area contributed by atoms with Gasteiger partial charge in [0.2, 0.25) is 0 Å². The first-order valence-corrected chi connectivity index (χ1v) is 5.24. The number of aromatic nitrogens is 1. The summed E-state index contributed by atoms with van der Waals surface area (Å²) in [7, 11) is 0. The molecule has 1 nitrogen and oxygen atoms in total. The Morgan fingerprint density at radius 1 is 1.23 bits per heavy atom. The Bertz CT molecular complexity index is 429. The molecule has 2 heteroatoms. The van der Waals surface area contributed by atoms with Crippen molar-refractivity contribution in [3.05, 3.63) is 34.9 Å². The van der Waals surface area contributed by atoms with E-state index in [4.69, 9.17) is 0 Å². The van der Waals surface area contributed by atoms with Gasteiger partial charge in [0.05, 0.1) is 0 Å². The molecule has 0 saturated carbocycles. The first kappa shape index (κ1) is 8.82. The molecule has 0 bridgehead atoms. The Kier molecular flexibility index (Phi) is 2.16. The monoisotopic (exact) mass is 237 g/mol. The van der Waals surface area contributed by atoms with Crippen LogP contribution in [0.5, 0.6) is 0 Å². The zero-order valence-corrected chi connectivity index (χ0v) is 9.38. The van der Waals surface area contributed by atoms with Crippen molar-refractivity contribution in [3.63, 3.8) is 0 Å². The molecular weight excluding hydrogens is 226 g/mol. The van der Waals surface area contributed by atoms with Crippen molar-refractivity contribution in [3.8, 4) is 0 Å². The Labute approximate surface area is 86.5 Å². The first-order chi connectivity index (χ1) is 6.18. The van der Waals surface area contributed by atoms with Crippen LogP contribution in [-0.4, -0.2) is 4.57 Å². The van der Waals surface area contributed by atoms with Crippen molar-refractivity contribution >= 4 is 26.8 Å². The molecule has 68 valence electrons. The maximum atomic E-state index is 3.49. The molecule has 0 atom stereocenters. The number of benzene rings is 1. The zero-order valence-electron chi connectivity index (χ0n) is 7.79. The van der Waals surface area contributed by atoms with E-state index in [0.717, 1.165) is 4.47 Å². The molecule has 1 aromatic heterocycles. The van der Waals surface area contributed by atoms with Crippen molar-refractivity contribution < 1.29 is 0 Å². The Morgan fingerprint density at radius 3 is 2.69 bits per heavy atom. The molecule has 1 heterocycles. The number of halogens is 1. The minimum atomic E-state index is 0.520. The summed E-state index contributed by atoms with van der Waals surface area (Å²) in [5.74, 6) is 0. The summed E-state index contributed by atoms with van der Waals surface area (Å²) in [6.45, 7) is 4.39. The fourth-order valence-corrected chi connectivity index (χ4v) is 1.92. The molecule has 0 unspecified atom stereocenters. The lowest BCUT2D eigenvalue weighted by molar-refractivity contribution is 0.623. The summed E-state index contributed by atoms with van der Waals surface area (Å²) in [5.41, 5.74) is 1.30. The summed E-state index contributed by atoms with van der Waals surface area (Å²) in [6.07, 6.45) is 2.14. The van der Waals surface area contributed by atoms with E-state index in [9.17, 15) is 0 Å². The fraction of sp³-hybridized carbons (Fsp3) is 0.273. The van der Waals surface area contributed by atoms with Crippen LogP contribution in [0.2, 0.25) is 0 Å². The van der Waals surface area contributed by atoms with Gasteiger partial charge in [0.15, 0.2) is 0 Å². The number of hydrogen-bond donors (Lipinski definition) is 0. The molecule has 0 aliphatic heterocycles. The highest BCUT2D eigenvalue weighted by atomic mass is 79.9. The average molecular weight is 238 g/mol. The number of nitrogens with zero attached hydrogens (tertiary/aromatic N) is 1. The van der Waals surface area contributed by atoms with Gasteiger partial charge in [0, 0.05) is 22.2 Å². The highest BCUT2D eigenvalue weighted by molar-refractivity contribution is 9.10. The molecule has 13 heavy (non-hydrogen) atoms. The molecule has 0 radical (unpaired) electrons. The lowest BCUT2D eigenvalue weighted by atomic mass is 10.2. The molecule has 0 aliphatic carbocycles. The highest BCUT2D eigenvalue weighted by Gasteiger charge is 2.03. The van der Waals surface area contributed by atoms with Crippen molar-refractivity contribution in [2.24, 2.45) is 0 Å². The summed E-state index contributed by atoms with van der Waals surface area (Å²) >= 11 is 3.49. The predicted molar refractivity (Wildman–Crippen MR) is 60.0 cm³/mol. The van der Waals surface area contributed by atoms with Gasteiger partial charge >= 0.3 is 0 Å². The second-order valence-corrected chi connectivity index (χ2v) is 4.44. The number of hydrogen-bond acceptors (Lipinski definition) is 0. The summed E-state index contributed by atoms with van der Waals surface area (Å²) in [5, 5.41) is 1.30. The van der Waals surface area contributed by atoms with Crippen LogP contribution in [-0.2, 0) is 0 Å². The van der Waals surface area contributed by atoms with Crippen LogP contribution in [0.1, 0.15) is 19.9 Å². The van der Waals surface area contributed by atoms with E-state index in [-0.39, 0.29) is 0 Å². The van der Waals surface area contributed by atoms with E-state index in [1.165, 1.54) is 10.9 Å². The van der Waals surface area contributed by atoms with Crippen molar-refractivity contribution in [2.45, 2.75) is 19.9 Å². The molecule has 0 amide bonds. The topological polar surface area (TPSA) is 4.93 Å². The quantitative estimate of drug-likeness (QED) is 0.708. The smallest absolute Gasteiger partial charge is 0.0493 e. The van der Waals surface area contributed by atoms with Crippen LogP contribution in [0.4, 0.5) is 0 Å². The van der Waals surface area contributed by atoms with Gasteiger partial charge in [-0.25, -0.2) is 0 Å². The SMILES string of the molecule is CC(C)n1ccc2ccc(Br)cc21. The Hall–Kier alpha value is -0.760. The molecule has 0 fully saturated rings. The van der Waals surface area contributed by atoms with Gasteiger partial charge in [-0.05, 0) is 37.4 Å². The van der Waals surface area contributed by atoms with E-state index in [0.29, 0.717) is 6.04 Å². The summed E-state index contributed by atoms with van der Waals surface area (Å²) < 4.78 is 3.42. The van der Waals surface area contributed by atoms with Gasteiger partial charge < -0.3 is 4.57 Å². The van der Waals surface area contributed by atoms with Crippen molar-refractivity contribution in [2.75, 3.05) is 0 Å². The standard InChI is InChI=1S/C11H12BrN/c1-8(2)13-6-5-9-3-4-10(12)7-11(9)13/h3-8H,1-2H3. The normalized spacial score (nSPS) is 11.4. The molecular formula is C11H12BrN. The van der Waals surface area contributed by atoms with Crippen LogP contribution >= 0.6 is 15.9 Å². The van der Waals surface area contributed by atoms with E-state index in [2.05, 4.69) is 64.8 Å². The lowest BCUT2D eigenvalue weighted by Gasteiger charge is -2.08. The van der Waals surface area contributed by atoms with Crippen LogP contribution < -0.4 is 0 Å². The molecule has 1 aromatic carbocycles. The van der Waals surface area contributed by atoms with Gasteiger partial charge in [-0.2, -0.15) is 0 Å². The summed E-state index contributed by atoms with van der Waals surface area (Å²) in [6, 6.07) is 9.05. The molecule has 0 saturated heterocycles. The second kappa shape index (κ2) is 3.18. The molecule has 2 aromatic rings. The van der Waals surface area contributed by atoms with Crippen LogP contribution in [0.15, 0.2) is 34.9 Å². The predicted octanol–water partition coefficient (Wildman–Crippen LogP) is 3.98. The maximum absolute atomic E-state index is 3.49. The minimum Gasteiger partial charge on any atom is -0.345 e. The van der Waals surface area contributed by atoms with Crippen LogP contribution in [0.25, 0.3) is 10.9 Å². The largest absolute Gasteiger partial charge is 0.345 e. The van der Waals surface area contributed by atoms with E-state index in [1.54, 1.807) is 0 Å². The molecule has 2 rings (SSSR count). The van der Waals surface area contributed by atoms with E-state index < -0.39 is 0 Å². The average Bonchev–Trinajstić information content (AvgIpc) is 2.46. The van der Waals surface area contributed by atoms with Crippen molar-refractivity contribution in [1.82, 2.24) is 4.57 Å². The molecule has 0 N–H and O–H groups in total. The number of fused-ring (bicyclic) bond motifs is 1. The van der Waals surface area contributed by atoms with Crippen LogP contribution in [0.3, 0.4) is 0 Å².